The van der Waals surface area contributed by atoms with Gasteiger partial charge in [0.05, 0.1) is 17.8 Å². The summed E-state index contributed by atoms with van der Waals surface area (Å²) < 4.78 is 5.28. The molecule has 3 nitrogen and oxygen atoms in total. The molecule has 20 heavy (non-hydrogen) atoms. The molecule has 2 rings (SSSR count). The summed E-state index contributed by atoms with van der Waals surface area (Å²) in [5.41, 5.74) is 3.73. The number of ether oxygens (including phenoxy) is 1. The van der Waals surface area contributed by atoms with Crippen molar-refractivity contribution in [2.45, 2.75) is 33.2 Å². The number of rotatable bonds is 6. The molecule has 0 aliphatic carbocycles. The Labute approximate surface area is 125 Å². The van der Waals surface area contributed by atoms with Crippen LogP contribution in [0.25, 0.3) is 0 Å². The van der Waals surface area contributed by atoms with Crippen LogP contribution in [-0.4, -0.2) is 18.6 Å². The third-order valence-corrected chi connectivity index (χ3v) is 4.21. The predicted molar refractivity (Wildman–Crippen MR) is 84.7 cm³/mol. The van der Waals surface area contributed by atoms with Gasteiger partial charge < -0.3 is 10.1 Å². The molecule has 0 radical (unpaired) electrons. The maximum Gasteiger partial charge on any atom is 0.119 e. The molecular weight excluding hydrogens is 268 g/mol. The Bertz CT molecular complexity index is 565. The van der Waals surface area contributed by atoms with Crippen LogP contribution >= 0.6 is 11.3 Å². The van der Waals surface area contributed by atoms with Gasteiger partial charge in [0, 0.05) is 17.8 Å². The minimum atomic E-state index is 0.299. The second-order valence-corrected chi connectivity index (χ2v) is 5.96. The normalized spacial score (nSPS) is 12.4. The summed E-state index contributed by atoms with van der Waals surface area (Å²) in [6.07, 6.45) is 0.922. The molecular formula is C16H22N2OS. The Morgan fingerprint density at radius 1 is 1.35 bits per heavy atom. The first-order valence-corrected chi connectivity index (χ1v) is 7.81. The number of thiazole rings is 1. The van der Waals surface area contributed by atoms with Crippen LogP contribution in [0.4, 0.5) is 0 Å². The summed E-state index contributed by atoms with van der Waals surface area (Å²) >= 11 is 1.71. The largest absolute Gasteiger partial charge is 0.497 e. The van der Waals surface area contributed by atoms with E-state index in [1.54, 1.807) is 18.4 Å². The summed E-state index contributed by atoms with van der Waals surface area (Å²) in [4.78, 5) is 4.58. The first-order chi connectivity index (χ1) is 9.63. The van der Waals surface area contributed by atoms with Gasteiger partial charge in [-0.1, -0.05) is 13.0 Å². The molecule has 0 spiro atoms. The molecule has 1 N–H and O–H groups in total. The van der Waals surface area contributed by atoms with Crippen LogP contribution in [0.2, 0.25) is 0 Å². The Kier molecular flexibility index (Phi) is 5.15. The summed E-state index contributed by atoms with van der Waals surface area (Å²) in [6, 6.07) is 6.57. The van der Waals surface area contributed by atoms with Crippen LogP contribution in [0.1, 0.15) is 34.8 Å². The molecule has 1 atom stereocenters. The fraction of sp³-hybridized carbons (Fsp3) is 0.438. The lowest BCUT2D eigenvalue weighted by Gasteiger charge is -2.20. The van der Waals surface area contributed by atoms with Crippen LogP contribution in [0.5, 0.6) is 5.75 Å². The average molecular weight is 290 g/mol. The maximum atomic E-state index is 5.28. The van der Waals surface area contributed by atoms with E-state index in [4.69, 9.17) is 4.74 Å². The smallest absolute Gasteiger partial charge is 0.119 e. The third-order valence-electron chi connectivity index (χ3n) is 3.38. The molecule has 108 valence electrons. The second kappa shape index (κ2) is 6.86. The molecule has 4 heteroatoms. The highest BCUT2D eigenvalue weighted by atomic mass is 32.1. The number of nitrogens with one attached hydrogen (secondary N) is 1. The highest BCUT2D eigenvalue weighted by molar-refractivity contribution is 7.09. The van der Waals surface area contributed by atoms with Gasteiger partial charge in [-0.2, -0.15) is 0 Å². The van der Waals surface area contributed by atoms with Gasteiger partial charge in [0.25, 0.3) is 0 Å². The van der Waals surface area contributed by atoms with Crippen LogP contribution in [0.3, 0.4) is 0 Å². The molecule has 0 aliphatic rings. The van der Waals surface area contributed by atoms with E-state index in [9.17, 15) is 0 Å². The van der Waals surface area contributed by atoms with Gasteiger partial charge in [0.1, 0.15) is 5.75 Å². The number of benzene rings is 1. The number of nitrogens with zero attached hydrogens (tertiary/aromatic N) is 1. The topological polar surface area (TPSA) is 34.2 Å². The fourth-order valence-electron chi connectivity index (χ4n) is 2.42. The minimum Gasteiger partial charge on any atom is -0.497 e. The Morgan fingerprint density at radius 2 is 2.15 bits per heavy atom. The lowest BCUT2D eigenvalue weighted by atomic mass is 9.97. The van der Waals surface area contributed by atoms with E-state index < -0.39 is 0 Å². The van der Waals surface area contributed by atoms with E-state index in [0.717, 1.165) is 29.4 Å². The van der Waals surface area contributed by atoms with Crippen LogP contribution in [0.15, 0.2) is 23.6 Å². The molecule has 0 amide bonds. The molecule has 2 aromatic rings. The van der Waals surface area contributed by atoms with Crippen molar-refractivity contribution >= 4 is 11.3 Å². The average Bonchev–Trinajstić information content (AvgIpc) is 2.83. The van der Waals surface area contributed by atoms with Gasteiger partial charge in [0.15, 0.2) is 0 Å². The van der Waals surface area contributed by atoms with Crippen molar-refractivity contribution in [3.05, 3.63) is 45.4 Å². The van der Waals surface area contributed by atoms with E-state index in [0.29, 0.717) is 6.04 Å². The molecule has 0 saturated heterocycles. The Hall–Kier alpha value is -1.39. The third kappa shape index (κ3) is 3.58. The zero-order chi connectivity index (χ0) is 14.5. The lowest BCUT2D eigenvalue weighted by Crippen LogP contribution is -2.23. The van der Waals surface area contributed by atoms with Crippen molar-refractivity contribution in [3.63, 3.8) is 0 Å². The molecule has 1 aromatic carbocycles. The summed E-state index contributed by atoms with van der Waals surface area (Å²) in [5.74, 6) is 0.908. The van der Waals surface area contributed by atoms with Crippen molar-refractivity contribution in [1.29, 1.82) is 0 Å². The maximum absolute atomic E-state index is 5.28. The number of aryl methyl sites for hydroxylation is 2. The number of aromatic nitrogens is 1. The number of hydrogen-bond donors (Lipinski definition) is 1. The second-order valence-electron chi connectivity index (χ2n) is 4.89. The zero-order valence-corrected chi connectivity index (χ0v) is 13.4. The van der Waals surface area contributed by atoms with E-state index >= 15 is 0 Å². The van der Waals surface area contributed by atoms with E-state index in [1.807, 2.05) is 6.07 Å². The van der Waals surface area contributed by atoms with Crippen molar-refractivity contribution in [3.8, 4) is 5.75 Å². The number of likely N-dealkylation sites (N-methyl/N-ethyl adjacent to an activating group) is 1. The SMILES string of the molecule is CCNC(Cc1csc(C)n1)c1ccc(OC)cc1C. The van der Waals surface area contributed by atoms with E-state index in [1.165, 1.54) is 11.1 Å². The first-order valence-electron chi connectivity index (χ1n) is 6.93. The standard InChI is InChI=1S/C16H22N2OS/c1-5-17-16(9-13-10-20-12(3)18-13)15-7-6-14(19-4)8-11(15)2/h6-8,10,16-17H,5,9H2,1-4H3. The summed E-state index contributed by atoms with van der Waals surface area (Å²) in [6.45, 7) is 7.26. The van der Waals surface area contributed by atoms with Gasteiger partial charge in [-0.15, -0.1) is 11.3 Å². The highest BCUT2D eigenvalue weighted by Gasteiger charge is 2.15. The quantitative estimate of drug-likeness (QED) is 0.881. The highest BCUT2D eigenvalue weighted by Crippen LogP contribution is 2.25. The van der Waals surface area contributed by atoms with Gasteiger partial charge in [-0.05, 0) is 43.7 Å². The Morgan fingerprint density at radius 3 is 2.70 bits per heavy atom. The molecule has 1 unspecified atom stereocenters. The first kappa shape index (κ1) is 15.0. The molecule has 1 heterocycles. The summed E-state index contributed by atoms with van der Waals surface area (Å²) in [5, 5.41) is 6.84. The molecule has 1 aromatic heterocycles. The van der Waals surface area contributed by atoms with Crippen molar-refractivity contribution in [2.75, 3.05) is 13.7 Å². The van der Waals surface area contributed by atoms with E-state index in [2.05, 4.69) is 48.6 Å². The van der Waals surface area contributed by atoms with Crippen molar-refractivity contribution < 1.29 is 4.74 Å². The molecule has 0 saturated carbocycles. The van der Waals surface area contributed by atoms with Crippen LogP contribution < -0.4 is 10.1 Å². The lowest BCUT2D eigenvalue weighted by molar-refractivity contribution is 0.414. The minimum absolute atomic E-state index is 0.299. The van der Waals surface area contributed by atoms with Crippen LogP contribution in [0, 0.1) is 13.8 Å². The number of hydrogen-bond acceptors (Lipinski definition) is 4. The zero-order valence-electron chi connectivity index (χ0n) is 12.6. The molecule has 0 fully saturated rings. The summed E-state index contributed by atoms with van der Waals surface area (Å²) in [7, 11) is 1.70. The van der Waals surface area contributed by atoms with Gasteiger partial charge >= 0.3 is 0 Å². The predicted octanol–water partition coefficient (Wildman–Crippen LogP) is 3.66. The monoisotopic (exact) mass is 290 g/mol. The van der Waals surface area contributed by atoms with Gasteiger partial charge in [-0.25, -0.2) is 4.98 Å². The Balaban J connectivity index is 2.23. The van der Waals surface area contributed by atoms with Gasteiger partial charge in [-0.3, -0.25) is 0 Å². The van der Waals surface area contributed by atoms with Crippen LogP contribution in [-0.2, 0) is 6.42 Å². The van der Waals surface area contributed by atoms with Crippen molar-refractivity contribution in [1.82, 2.24) is 10.3 Å². The fourth-order valence-corrected chi connectivity index (χ4v) is 3.04. The molecule has 0 bridgehead atoms. The molecule has 0 aliphatic heterocycles. The van der Waals surface area contributed by atoms with E-state index in [-0.39, 0.29) is 0 Å². The number of methoxy groups -OCH3 is 1. The van der Waals surface area contributed by atoms with Gasteiger partial charge in [0.2, 0.25) is 0 Å². The van der Waals surface area contributed by atoms with Crippen molar-refractivity contribution in [2.24, 2.45) is 0 Å².